The van der Waals surface area contributed by atoms with Crippen molar-refractivity contribution in [2.75, 3.05) is 13.2 Å². The monoisotopic (exact) mass is 402 g/mol. The molecule has 0 heterocycles. The Hall–Kier alpha value is -0.601. The molecule has 0 bridgehead atoms. The Morgan fingerprint density at radius 1 is 0.600 bits per heavy atom. The van der Waals surface area contributed by atoms with Crippen LogP contribution in [0.15, 0.2) is 48.5 Å². The first-order valence-corrected chi connectivity index (χ1v) is 12.6. The van der Waals surface area contributed by atoms with Crippen molar-refractivity contribution in [3.8, 4) is 0 Å². The summed E-state index contributed by atoms with van der Waals surface area (Å²) < 4.78 is 2.83. The summed E-state index contributed by atoms with van der Waals surface area (Å²) >= 11 is 1.01. The van der Waals surface area contributed by atoms with E-state index in [0.29, 0.717) is 26.3 Å². The molecule has 0 aliphatic heterocycles. The third kappa shape index (κ3) is 5.06. The van der Waals surface area contributed by atoms with Gasteiger partial charge in [-0.2, -0.15) is 0 Å². The summed E-state index contributed by atoms with van der Waals surface area (Å²) in [5.41, 5.74) is 2.40. The van der Waals surface area contributed by atoms with Crippen LogP contribution in [0.4, 0.5) is 0 Å². The topological polar surface area (TPSA) is 40.5 Å². The summed E-state index contributed by atoms with van der Waals surface area (Å²) in [6.07, 6.45) is 1.48. The van der Waals surface area contributed by atoms with Crippen LogP contribution in [0.5, 0.6) is 0 Å². The second-order valence-electron chi connectivity index (χ2n) is 4.40. The van der Waals surface area contributed by atoms with Crippen molar-refractivity contribution in [2.24, 2.45) is 0 Å². The molecule has 0 radical (unpaired) electrons. The molecule has 0 atom stereocenters. The van der Waals surface area contributed by atoms with E-state index >= 15 is 0 Å². The van der Waals surface area contributed by atoms with E-state index in [4.69, 9.17) is 10.2 Å². The number of hydrogen-bond donors (Lipinski definition) is 2. The van der Waals surface area contributed by atoms with Crippen LogP contribution < -0.4 is 8.92 Å². The first kappa shape index (κ1) is 15.8. The van der Waals surface area contributed by atoms with E-state index in [0.717, 1.165) is 12.8 Å². The van der Waals surface area contributed by atoms with E-state index in [-0.39, 0.29) is 13.2 Å². The SMILES string of the molecule is OCCc1ccc([Se][Se]c2ccc(CCO)cc2)cc1. The number of benzene rings is 2. The molecule has 0 unspecified atom stereocenters. The molecule has 0 aliphatic rings. The molecule has 106 valence electrons. The fourth-order valence-electron chi connectivity index (χ4n) is 1.78. The molecule has 0 spiro atoms. The fourth-order valence-corrected chi connectivity index (χ4v) is 7.74. The van der Waals surface area contributed by atoms with Gasteiger partial charge in [-0.05, 0) is 0 Å². The van der Waals surface area contributed by atoms with E-state index in [1.807, 2.05) is 0 Å². The van der Waals surface area contributed by atoms with E-state index in [9.17, 15) is 0 Å². The van der Waals surface area contributed by atoms with Crippen molar-refractivity contribution in [2.45, 2.75) is 12.8 Å². The van der Waals surface area contributed by atoms with Crippen molar-refractivity contribution in [3.05, 3.63) is 59.7 Å². The van der Waals surface area contributed by atoms with Crippen molar-refractivity contribution in [3.63, 3.8) is 0 Å². The van der Waals surface area contributed by atoms with Gasteiger partial charge in [0.05, 0.1) is 0 Å². The number of aliphatic hydroxyl groups excluding tert-OH is 2. The predicted octanol–water partition coefficient (Wildman–Crippen LogP) is 0.0304. The second-order valence-corrected chi connectivity index (χ2v) is 10.7. The van der Waals surface area contributed by atoms with Crippen LogP contribution in [0.25, 0.3) is 0 Å². The van der Waals surface area contributed by atoms with Gasteiger partial charge in [0, 0.05) is 0 Å². The molecular weight excluding hydrogens is 382 g/mol. The van der Waals surface area contributed by atoms with Gasteiger partial charge in [-0.1, -0.05) is 0 Å². The molecule has 2 nitrogen and oxygen atoms in total. The van der Waals surface area contributed by atoms with Gasteiger partial charge in [-0.25, -0.2) is 0 Å². The summed E-state index contributed by atoms with van der Waals surface area (Å²) in [6, 6.07) is 17.2. The van der Waals surface area contributed by atoms with E-state index in [1.54, 1.807) is 0 Å². The summed E-state index contributed by atoms with van der Waals surface area (Å²) in [5, 5.41) is 17.8. The molecule has 2 aromatic rings. The van der Waals surface area contributed by atoms with Gasteiger partial charge < -0.3 is 0 Å². The minimum atomic E-state index is 0.217. The third-order valence-corrected chi connectivity index (χ3v) is 10.1. The number of hydrogen-bond acceptors (Lipinski definition) is 2. The Morgan fingerprint density at radius 2 is 0.950 bits per heavy atom. The van der Waals surface area contributed by atoms with E-state index in [2.05, 4.69) is 48.5 Å². The van der Waals surface area contributed by atoms with Crippen LogP contribution in [-0.4, -0.2) is 49.7 Å². The zero-order valence-electron chi connectivity index (χ0n) is 11.2. The summed E-state index contributed by atoms with van der Waals surface area (Å²) in [5.74, 6) is 0. The zero-order chi connectivity index (χ0) is 14.2. The Bertz CT molecular complexity index is 460. The first-order chi connectivity index (χ1) is 9.81. The Balaban J connectivity index is 1.87. The number of rotatable bonds is 7. The average molecular weight is 400 g/mol. The molecule has 20 heavy (non-hydrogen) atoms. The van der Waals surface area contributed by atoms with E-state index < -0.39 is 0 Å². The van der Waals surface area contributed by atoms with Crippen LogP contribution in [0.2, 0.25) is 0 Å². The first-order valence-electron chi connectivity index (χ1n) is 6.56. The summed E-state index contributed by atoms with van der Waals surface area (Å²) in [7, 11) is 0. The van der Waals surface area contributed by atoms with Gasteiger partial charge in [0.2, 0.25) is 0 Å². The zero-order valence-corrected chi connectivity index (χ0v) is 14.6. The Labute approximate surface area is 131 Å². The van der Waals surface area contributed by atoms with Gasteiger partial charge >= 0.3 is 131 Å². The predicted molar refractivity (Wildman–Crippen MR) is 85.2 cm³/mol. The van der Waals surface area contributed by atoms with Crippen LogP contribution >= 0.6 is 0 Å². The van der Waals surface area contributed by atoms with Gasteiger partial charge in [0.25, 0.3) is 0 Å². The molecule has 0 aliphatic carbocycles. The molecular formula is C16H18O2Se2. The quantitative estimate of drug-likeness (QED) is 0.645. The van der Waals surface area contributed by atoms with Crippen LogP contribution in [-0.2, 0) is 12.8 Å². The maximum atomic E-state index is 8.89. The standard InChI is InChI=1S/C16H18O2Se2/c17-11-9-13-1-5-15(6-2-13)19-20-16-7-3-14(4-8-16)10-12-18/h1-8,17-18H,9-12H2. The van der Waals surface area contributed by atoms with Crippen LogP contribution in [0.3, 0.4) is 0 Å². The van der Waals surface area contributed by atoms with Crippen molar-refractivity contribution >= 4 is 35.2 Å². The van der Waals surface area contributed by atoms with Crippen LogP contribution in [0.1, 0.15) is 11.1 Å². The molecule has 2 N–H and O–H groups in total. The van der Waals surface area contributed by atoms with E-state index in [1.165, 1.54) is 20.1 Å². The van der Waals surface area contributed by atoms with Gasteiger partial charge in [0.15, 0.2) is 0 Å². The minimum absolute atomic E-state index is 0.217. The van der Waals surface area contributed by atoms with Crippen molar-refractivity contribution < 1.29 is 10.2 Å². The molecule has 0 saturated carbocycles. The molecule has 0 amide bonds. The second kappa shape index (κ2) is 8.63. The van der Waals surface area contributed by atoms with Crippen molar-refractivity contribution in [1.82, 2.24) is 0 Å². The average Bonchev–Trinajstić information content (AvgIpc) is 2.49. The molecule has 4 heteroatoms. The molecule has 0 fully saturated rings. The summed E-state index contributed by atoms with van der Waals surface area (Å²) in [6.45, 7) is 0.434. The Kier molecular flexibility index (Phi) is 6.81. The molecule has 2 rings (SSSR count). The van der Waals surface area contributed by atoms with Gasteiger partial charge in [-0.15, -0.1) is 0 Å². The molecule has 0 aromatic heterocycles. The molecule has 2 aromatic carbocycles. The Morgan fingerprint density at radius 3 is 1.25 bits per heavy atom. The van der Waals surface area contributed by atoms with Gasteiger partial charge in [0.1, 0.15) is 0 Å². The normalized spacial score (nSPS) is 10.7. The van der Waals surface area contributed by atoms with Crippen LogP contribution in [0, 0.1) is 0 Å². The van der Waals surface area contributed by atoms with Crippen molar-refractivity contribution in [1.29, 1.82) is 0 Å². The maximum absolute atomic E-state index is 8.89. The third-order valence-electron chi connectivity index (χ3n) is 2.88. The summed E-state index contributed by atoms with van der Waals surface area (Å²) in [4.78, 5) is 0. The van der Waals surface area contributed by atoms with Gasteiger partial charge in [-0.3, -0.25) is 0 Å². The fraction of sp³-hybridized carbons (Fsp3) is 0.250. The molecule has 0 saturated heterocycles. The number of aliphatic hydroxyl groups is 2.